The molecule has 0 bridgehead atoms. The van der Waals surface area contributed by atoms with E-state index in [2.05, 4.69) is 15.0 Å². The molecule has 4 aromatic heterocycles. The Hall–Kier alpha value is -3.92. The number of anilines is 1. The number of halogens is 2. The molecular weight excluding hydrogens is 629 g/mol. The van der Waals surface area contributed by atoms with Gasteiger partial charge in [-0.15, -0.1) is 0 Å². The Morgan fingerprint density at radius 2 is 2.00 bits per heavy atom. The smallest absolute Gasteiger partial charge is 0.355 e. The Balaban J connectivity index is 1.58. The maximum atomic E-state index is 15.0. The van der Waals surface area contributed by atoms with Crippen molar-refractivity contribution in [2.24, 2.45) is 5.14 Å². The van der Waals surface area contributed by atoms with E-state index in [1.54, 1.807) is 29.0 Å². The van der Waals surface area contributed by atoms with Gasteiger partial charge in [0.15, 0.2) is 16.6 Å². The largest absolute Gasteiger partial charge is 0.446 e. The van der Waals surface area contributed by atoms with E-state index >= 15 is 4.39 Å². The summed E-state index contributed by atoms with van der Waals surface area (Å²) in [4.78, 5) is 43.3. The molecule has 0 aromatic carbocycles. The van der Waals surface area contributed by atoms with E-state index in [1.165, 1.54) is 22.8 Å². The number of pyridine rings is 2. The molecule has 13 nitrogen and oxygen atoms in total. The van der Waals surface area contributed by atoms with Crippen LogP contribution in [0.25, 0.3) is 16.7 Å². The highest BCUT2D eigenvalue weighted by molar-refractivity contribution is 7.89. The summed E-state index contributed by atoms with van der Waals surface area (Å²) in [7, 11) is -4.02. The maximum Gasteiger partial charge on any atom is 0.355 e. The van der Waals surface area contributed by atoms with Crippen molar-refractivity contribution < 1.29 is 26.8 Å². The molecule has 4 aromatic rings. The number of primary sulfonamides is 1. The quantitative estimate of drug-likeness (QED) is 0.263. The van der Waals surface area contributed by atoms with Gasteiger partial charge in [0, 0.05) is 32.3 Å². The van der Waals surface area contributed by atoms with Gasteiger partial charge in [0.05, 0.1) is 29.4 Å². The number of carbonyl (C=O) groups is 1. The summed E-state index contributed by atoms with van der Waals surface area (Å²) in [5.41, 5.74) is 1.31. The summed E-state index contributed by atoms with van der Waals surface area (Å²) in [6.07, 6.45) is 1.95. The fraction of sp³-hybridized carbons (Fsp3) is 0.414. The number of amides is 1. The van der Waals surface area contributed by atoms with Gasteiger partial charge < -0.3 is 19.0 Å². The van der Waals surface area contributed by atoms with Crippen molar-refractivity contribution in [3.8, 4) is 5.69 Å². The first-order chi connectivity index (χ1) is 21.3. The maximum absolute atomic E-state index is 15.0. The number of hydrogen-bond acceptors (Lipinski definition) is 10. The molecule has 5 heterocycles. The van der Waals surface area contributed by atoms with Crippen molar-refractivity contribution in [2.45, 2.75) is 57.8 Å². The molecule has 1 fully saturated rings. The first-order valence-corrected chi connectivity index (χ1v) is 16.2. The SMILES string of the molecule is CCC(=O)N1CCN(c2nc(=O)n(-c3c(C)ccnc3C(C)C)c3nc(Cl)c(F)cc23)C(COCc2ccc(S(N)(=O)=O)o2)C1. The van der Waals surface area contributed by atoms with Crippen molar-refractivity contribution in [1.29, 1.82) is 0 Å². The van der Waals surface area contributed by atoms with Crippen molar-refractivity contribution in [3.05, 3.63) is 68.9 Å². The van der Waals surface area contributed by atoms with E-state index in [9.17, 15) is 18.0 Å². The second-order valence-electron chi connectivity index (χ2n) is 11.0. The molecule has 2 N–H and O–H groups in total. The number of rotatable bonds is 9. The molecule has 0 spiro atoms. The third-order valence-corrected chi connectivity index (χ3v) is 8.61. The molecule has 5 rings (SSSR count). The molecule has 1 saturated heterocycles. The van der Waals surface area contributed by atoms with Crippen LogP contribution in [-0.2, 0) is 26.2 Å². The van der Waals surface area contributed by atoms with Crippen molar-refractivity contribution in [2.75, 3.05) is 31.1 Å². The number of carbonyl (C=O) groups excluding carboxylic acids is 1. The first-order valence-electron chi connectivity index (χ1n) is 14.3. The number of nitrogens with two attached hydrogens (primary N) is 1. The number of furan rings is 1. The summed E-state index contributed by atoms with van der Waals surface area (Å²) in [6.45, 7) is 8.23. The van der Waals surface area contributed by atoms with Crippen LogP contribution in [0.15, 0.2) is 44.8 Å². The minimum atomic E-state index is -4.02. The number of sulfonamides is 1. The van der Waals surface area contributed by atoms with E-state index in [0.717, 1.165) is 5.56 Å². The molecular formula is C29H33ClFN7O6S. The number of nitrogens with zero attached hydrogens (tertiary/aromatic N) is 6. The fourth-order valence-electron chi connectivity index (χ4n) is 5.40. The van der Waals surface area contributed by atoms with Gasteiger partial charge in [0.1, 0.15) is 18.2 Å². The van der Waals surface area contributed by atoms with Gasteiger partial charge in [-0.1, -0.05) is 32.4 Å². The Bertz CT molecular complexity index is 1930. The number of aryl methyl sites for hydroxylation is 1. The third-order valence-electron chi connectivity index (χ3n) is 7.57. The third kappa shape index (κ3) is 6.57. The molecule has 0 saturated carbocycles. The van der Waals surface area contributed by atoms with Crippen LogP contribution >= 0.6 is 11.6 Å². The van der Waals surface area contributed by atoms with Gasteiger partial charge in [-0.25, -0.2) is 32.3 Å². The molecule has 1 aliphatic heterocycles. The van der Waals surface area contributed by atoms with Crippen molar-refractivity contribution in [3.63, 3.8) is 0 Å². The predicted octanol–water partition coefficient (Wildman–Crippen LogP) is 3.28. The number of ether oxygens (including phenoxy) is 1. The zero-order valence-electron chi connectivity index (χ0n) is 25.2. The van der Waals surface area contributed by atoms with Gasteiger partial charge in [-0.2, -0.15) is 4.98 Å². The standard InChI is InChI=1S/C29H33ClFN7O6S/c1-5-22(39)36-10-11-37(18(13-36)14-43-15-19-6-7-23(44-19)45(32,41)42)27-20-12-21(31)26(30)34-28(20)38(29(40)35-27)25-17(4)8-9-33-24(25)16(2)3/h6-9,12,16,18H,5,10-11,13-15H2,1-4H3,(H2,32,41,42). The molecule has 1 aliphatic rings. The summed E-state index contributed by atoms with van der Waals surface area (Å²) in [5, 5.41) is 4.56. The normalized spacial score (nSPS) is 15.8. The average molecular weight is 662 g/mol. The highest BCUT2D eigenvalue weighted by Gasteiger charge is 2.33. The van der Waals surface area contributed by atoms with Crippen LogP contribution in [0.2, 0.25) is 5.15 Å². The zero-order valence-corrected chi connectivity index (χ0v) is 26.7. The lowest BCUT2D eigenvalue weighted by atomic mass is 10.0. The Morgan fingerprint density at radius 3 is 2.67 bits per heavy atom. The van der Waals surface area contributed by atoms with E-state index in [1.807, 2.05) is 20.8 Å². The minimum Gasteiger partial charge on any atom is -0.446 e. The van der Waals surface area contributed by atoms with Crippen molar-refractivity contribution in [1.82, 2.24) is 24.4 Å². The molecule has 240 valence electrons. The van der Waals surface area contributed by atoms with Crippen LogP contribution in [-0.4, -0.2) is 71.0 Å². The van der Waals surface area contributed by atoms with E-state index < -0.39 is 37.8 Å². The monoisotopic (exact) mass is 661 g/mol. The minimum absolute atomic E-state index is 0.0217. The Morgan fingerprint density at radius 1 is 1.24 bits per heavy atom. The van der Waals surface area contributed by atoms with Crippen LogP contribution in [0, 0.1) is 12.7 Å². The van der Waals surface area contributed by atoms with Gasteiger partial charge in [0.2, 0.25) is 11.0 Å². The van der Waals surface area contributed by atoms with Gasteiger partial charge >= 0.3 is 5.69 Å². The average Bonchev–Trinajstić information content (AvgIpc) is 3.47. The highest BCUT2D eigenvalue weighted by atomic mass is 35.5. The molecule has 16 heteroatoms. The topological polar surface area (TPSA) is 167 Å². The Kier molecular flexibility index (Phi) is 9.26. The molecule has 1 atom stereocenters. The molecule has 1 amide bonds. The number of aromatic nitrogens is 4. The molecule has 0 aliphatic carbocycles. The number of fused-ring (bicyclic) bond motifs is 1. The summed E-state index contributed by atoms with van der Waals surface area (Å²) in [6, 6.07) is 5.10. The second kappa shape index (κ2) is 12.8. The predicted molar refractivity (Wildman–Crippen MR) is 164 cm³/mol. The van der Waals surface area contributed by atoms with Crippen LogP contribution in [0.3, 0.4) is 0 Å². The lowest BCUT2D eigenvalue weighted by Crippen LogP contribution is -2.57. The van der Waals surface area contributed by atoms with E-state index in [-0.39, 0.29) is 60.7 Å². The second-order valence-corrected chi connectivity index (χ2v) is 12.9. The highest BCUT2D eigenvalue weighted by Crippen LogP contribution is 2.32. The summed E-state index contributed by atoms with van der Waals surface area (Å²) in [5.74, 6) is -0.528. The number of piperazine rings is 1. The zero-order chi connectivity index (χ0) is 32.6. The van der Waals surface area contributed by atoms with Gasteiger partial charge in [0.25, 0.3) is 10.0 Å². The van der Waals surface area contributed by atoms with E-state index in [4.69, 9.17) is 25.9 Å². The molecule has 0 radical (unpaired) electrons. The summed E-state index contributed by atoms with van der Waals surface area (Å²) < 4.78 is 50.7. The first kappa shape index (κ1) is 32.5. The number of hydrogen-bond donors (Lipinski definition) is 1. The fourth-order valence-corrected chi connectivity index (χ4v) is 6.02. The van der Waals surface area contributed by atoms with Gasteiger partial charge in [-0.3, -0.25) is 9.78 Å². The van der Waals surface area contributed by atoms with Gasteiger partial charge in [-0.05, 0) is 42.7 Å². The van der Waals surface area contributed by atoms with Crippen LogP contribution in [0.4, 0.5) is 10.2 Å². The van der Waals surface area contributed by atoms with Crippen molar-refractivity contribution >= 4 is 44.4 Å². The lowest BCUT2D eigenvalue weighted by Gasteiger charge is -2.42. The van der Waals surface area contributed by atoms with Crippen LogP contribution in [0.1, 0.15) is 50.1 Å². The summed E-state index contributed by atoms with van der Waals surface area (Å²) >= 11 is 6.17. The van der Waals surface area contributed by atoms with Crippen LogP contribution in [0.5, 0.6) is 0 Å². The Labute approximate surface area is 263 Å². The molecule has 45 heavy (non-hydrogen) atoms. The molecule has 1 unspecified atom stereocenters. The van der Waals surface area contributed by atoms with Crippen LogP contribution < -0.4 is 15.7 Å². The van der Waals surface area contributed by atoms with E-state index in [0.29, 0.717) is 24.3 Å². The lowest BCUT2D eigenvalue weighted by molar-refractivity contribution is -0.132.